The average molecular weight is 733 g/mol. The first-order chi connectivity index (χ1) is 25.5. The molecule has 0 bridgehead atoms. The van der Waals surface area contributed by atoms with Crippen molar-refractivity contribution in [1.82, 2.24) is 0 Å². The third-order valence-electron chi connectivity index (χ3n) is 7.29. The van der Waals surface area contributed by atoms with Crippen molar-refractivity contribution in [2.45, 2.75) is 79.1 Å². The van der Waals surface area contributed by atoms with Gasteiger partial charge in [0.05, 0.1) is 25.4 Å². The van der Waals surface area contributed by atoms with E-state index in [0.717, 1.165) is 75.9 Å². The summed E-state index contributed by atoms with van der Waals surface area (Å²) < 4.78 is 30.6. The van der Waals surface area contributed by atoms with Gasteiger partial charge in [0.2, 0.25) is 0 Å². The van der Waals surface area contributed by atoms with Crippen molar-refractivity contribution < 1.29 is 47.6 Å². The van der Waals surface area contributed by atoms with E-state index < -0.39 is 5.97 Å². The number of carbonyl (C=O) groups is 4. The zero-order chi connectivity index (χ0) is 39.3. The summed E-state index contributed by atoms with van der Waals surface area (Å²) in [7, 11) is 1.70. The molecule has 3 rings (SSSR count). The molecule has 0 aliphatic heterocycles. The van der Waals surface area contributed by atoms with Crippen molar-refractivity contribution in [3.05, 3.63) is 114 Å². The Bertz CT molecular complexity index is 1530. The van der Waals surface area contributed by atoms with E-state index in [1.165, 1.54) is 24.6 Å². The number of methoxy groups -OCH3 is 1. The molecule has 10 heteroatoms. The number of carbonyl (C=O) groups excluding carboxylic acids is 4. The lowest BCUT2D eigenvalue weighted by molar-refractivity contribution is -0.138. The number of rotatable bonds is 20. The fourth-order valence-corrected chi connectivity index (χ4v) is 4.36. The third kappa shape index (κ3) is 23.1. The Morgan fingerprint density at radius 2 is 1.06 bits per heavy atom. The van der Waals surface area contributed by atoms with E-state index in [-0.39, 0.29) is 17.9 Å². The standard InChI is InChI=1S/C17H16O4.C16H22O3.C10H18O3/c1-11-4-6-14(7-5-11)17(19)21-16-9-8-15(10-12(16)2)20-13(3)18;1-3-16(17)19-13-7-5-4-6-12-18-15-10-8-14(2)9-11-15;1-3-10(11)13-9-7-5-4-6-8-12-2/h4-10H,1-3H3;3,8-11H,1,4-7,12-13H2,2H3;3H,1,4-9H2,2H3. The smallest absolute Gasteiger partial charge is 0.343 e. The Morgan fingerprint density at radius 3 is 1.53 bits per heavy atom. The highest BCUT2D eigenvalue weighted by Crippen LogP contribution is 2.24. The molecule has 10 nitrogen and oxygen atoms in total. The predicted molar refractivity (Wildman–Crippen MR) is 206 cm³/mol. The van der Waals surface area contributed by atoms with Gasteiger partial charge in [0.25, 0.3) is 0 Å². The summed E-state index contributed by atoms with van der Waals surface area (Å²) in [6.07, 6.45) is 10.6. The van der Waals surface area contributed by atoms with Crippen LogP contribution in [0.1, 0.15) is 85.3 Å². The minimum absolute atomic E-state index is 0.336. The monoisotopic (exact) mass is 732 g/mol. The van der Waals surface area contributed by atoms with Gasteiger partial charge in [-0.15, -0.1) is 0 Å². The maximum absolute atomic E-state index is 12.0. The molecule has 288 valence electrons. The van der Waals surface area contributed by atoms with Crippen LogP contribution in [0.2, 0.25) is 0 Å². The number of hydrogen-bond donors (Lipinski definition) is 0. The first-order valence-corrected chi connectivity index (χ1v) is 17.8. The third-order valence-corrected chi connectivity index (χ3v) is 7.29. The summed E-state index contributed by atoms with van der Waals surface area (Å²) in [5.74, 6) is 0.300. The molecule has 0 aliphatic rings. The lowest BCUT2D eigenvalue weighted by Crippen LogP contribution is -2.09. The predicted octanol–water partition coefficient (Wildman–Crippen LogP) is 9.03. The minimum Gasteiger partial charge on any atom is -0.494 e. The topological polar surface area (TPSA) is 124 Å². The second kappa shape index (κ2) is 28.4. The van der Waals surface area contributed by atoms with Crippen LogP contribution in [-0.4, -0.2) is 57.4 Å². The number of ether oxygens (including phenoxy) is 6. The second-order valence-corrected chi connectivity index (χ2v) is 12.0. The quantitative estimate of drug-likeness (QED) is 0.0481. The fourth-order valence-electron chi connectivity index (χ4n) is 4.36. The molecule has 0 atom stereocenters. The highest BCUT2D eigenvalue weighted by atomic mass is 16.5. The molecule has 3 aromatic carbocycles. The van der Waals surface area contributed by atoms with Crippen LogP contribution < -0.4 is 14.2 Å². The summed E-state index contributed by atoms with van der Waals surface area (Å²) >= 11 is 0. The van der Waals surface area contributed by atoms with E-state index >= 15 is 0 Å². The SMILES string of the molecule is C=CC(=O)OCCCCCCOC.C=CC(=O)OCCCCCCOc1ccc(C)cc1.CC(=O)Oc1ccc(OC(=O)c2ccc(C)cc2)c(C)c1. The molecule has 0 radical (unpaired) electrons. The highest BCUT2D eigenvalue weighted by Gasteiger charge is 2.11. The van der Waals surface area contributed by atoms with Crippen LogP contribution in [0, 0.1) is 20.8 Å². The zero-order valence-electron chi connectivity index (χ0n) is 32.0. The Labute approximate surface area is 315 Å². The van der Waals surface area contributed by atoms with E-state index in [1.807, 2.05) is 43.3 Å². The summed E-state index contributed by atoms with van der Waals surface area (Å²) in [6.45, 7) is 16.3. The molecular weight excluding hydrogens is 676 g/mol. The Kier molecular flexibility index (Phi) is 24.5. The van der Waals surface area contributed by atoms with E-state index in [1.54, 1.807) is 44.4 Å². The number of esters is 4. The van der Waals surface area contributed by atoms with E-state index in [0.29, 0.717) is 35.8 Å². The molecule has 53 heavy (non-hydrogen) atoms. The van der Waals surface area contributed by atoms with Crippen LogP contribution in [0.5, 0.6) is 17.2 Å². The van der Waals surface area contributed by atoms with Crippen LogP contribution in [0.4, 0.5) is 0 Å². The van der Waals surface area contributed by atoms with Crippen LogP contribution in [0.25, 0.3) is 0 Å². The summed E-state index contributed by atoms with van der Waals surface area (Å²) in [5.41, 5.74) is 3.52. The molecular formula is C43H56O10. The van der Waals surface area contributed by atoms with Crippen molar-refractivity contribution in [2.24, 2.45) is 0 Å². The fraction of sp³-hybridized carbons (Fsp3) is 0.395. The molecule has 0 heterocycles. The minimum atomic E-state index is -0.418. The molecule has 0 unspecified atom stereocenters. The summed E-state index contributed by atoms with van der Waals surface area (Å²) in [5, 5.41) is 0. The summed E-state index contributed by atoms with van der Waals surface area (Å²) in [4.78, 5) is 44.3. The Morgan fingerprint density at radius 1 is 0.585 bits per heavy atom. The van der Waals surface area contributed by atoms with Crippen molar-refractivity contribution in [2.75, 3.05) is 33.5 Å². The van der Waals surface area contributed by atoms with Crippen molar-refractivity contribution in [3.8, 4) is 17.2 Å². The van der Waals surface area contributed by atoms with Gasteiger partial charge in [-0.05, 0) is 114 Å². The van der Waals surface area contributed by atoms with E-state index in [2.05, 4.69) is 20.1 Å². The molecule has 0 aliphatic carbocycles. The van der Waals surface area contributed by atoms with Crippen molar-refractivity contribution >= 4 is 23.9 Å². The number of hydrogen-bond acceptors (Lipinski definition) is 10. The lowest BCUT2D eigenvalue weighted by Gasteiger charge is -2.09. The molecule has 0 saturated heterocycles. The lowest BCUT2D eigenvalue weighted by atomic mass is 10.1. The van der Waals surface area contributed by atoms with Crippen LogP contribution in [-0.2, 0) is 28.6 Å². The maximum atomic E-state index is 12.0. The number of aryl methyl sites for hydroxylation is 3. The first-order valence-electron chi connectivity index (χ1n) is 17.8. The molecule has 0 aromatic heterocycles. The van der Waals surface area contributed by atoms with Gasteiger partial charge in [-0.25, -0.2) is 14.4 Å². The first kappa shape index (κ1) is 45.8. The Balaban J connectivity index is 0.000000410. The van der Waals surface area contributed by atoms with Gasteiger partial charge in [0.15, 0.2) is 0 Å². The Hall–Kier alpha value is -5.22. The normalized spacial score (nSPS) is 9.91. The number of unbranched alkanes of at least 4 members (excludes halogenated alkanes) is 6. The maximum Gasteiger partial charge on any atom is 0.343 e. The van der Waals surface area contributed by atoms with Gasteiger partial charge in [-0.1, -0.05) is 55.0 Å². The van der Waals surface area contributed by atoms with E-state index in [9.17, 15) is 19.2 Å². The molecule has 0 saturated carbocycles. The molecule has 0 spiro atoms. The van der Waals surface area contributed by atoms with E-state index in [4.69, 9.17) is 28.4 Å². The summed E-state index contributed by atoms with van der Waals surface area (Å²) in [6, 6.07) is 20.1. The molecule has 0 fully saturated rings. The van der Waals surface area contributed by atoms with Crippen molar-refractivity contribution in [3.63, 3.8) is 0 Å². The van der Waals surface area contributed by atoms with Crippen LogP contribution in [0.3, 0.4) is 0 Å². The van der Waals surface area contributed by atoms with Crippen LogP contribution >= 0.6 is 0 Å². The van der Waals surface area contributed by atoms with Gasteiger partial charge in [-0.2, -0.15) is 0 Å². The molecule has 0 N–H and O–H groups in total. The molecule has 0 amide bonds. The van der Waals surface area contributed by atoms with Gasteiger partial charge >= 0.3 is 23.9 Å². The molecule has 3 aromatic rings. The van der Waals surface area contributed by atoms with Gasteiger partial charge in [0.1, 0.15) is 17.2 Å². The van der Waals surface area contributed by atoms with Gasteiger partial charge in [-0.3, -0.25) is 4.79 Å². The average Bonchev–Trinajstić information content (AvgIpc) is 3.14. The highest BCUT2D eigenvalue weighted by molar-refractivity contribution is 5.91. The zero-order valence-corrected chi connectivity index (χ0v) is 32.0. The van der Waals surface area contributed by atoms with Gasteiger partial charge < -0.3 is 28.4 Å². The van der Waals surface area contributed by atoms with Crippen molar-refractivity contribution in [1.29, 1.82) is 0 Å². The number of benzene rings is 3. The van der Waals surface area contributed by atoms with Gasteiger partial charge in [0, 0.05) is 32.8 Å². The largest absolute Gasteiger partial charge is 0.494 e. The second-order valence-electron chi connectivity index (χ2n) is 12.0. The van der Waals surface area contributed by atoms with Crippen LogP contribution in [0.15, 0.2) is 92.0 Å².